The van der Waals surface area contributed by atoms with E-state index in [1.165, 1.54) is 23.8 Å². The third kappa shape index (κ3) is 4.55. The Morgan fingerprint density at radius 3 is 2.38 bits per heavy atom. The first-order valence-electron chi connectivity index (χ1n) is 7.68. The third-order valence-electron chi connectivity index (χ3n) is 3.56. The highest BCUT2D eigenvalue weighted by molar-refractivity contribution is 5.94. The van der Waals surface area contributed by atoms with Gasteiger partial charge in [0.05, 0.1) is 11.0 Å². The molecule has 0 radical (unpaired) electrons. The van der Waals surface area contributed by atoms with E-state index in [1.807, 2.05) is 24.3 Å². The Kier molecular flexibility index (Phi) is 5.52. The standard InChI is InChI=1S/C18H20N2O4/c1-12(2)14-7-9-15(10-8-14)19-18(21)13(3)24-17-6-4-5-16(11-17)20(22)23/h4-13H,1-3H3,(H,19,21)/t13-/m1/s1. The van der Waals surface area contributed by atoms with Crippen LogP contribution in [0.25, 0.3) is 0 Å². The summed E-state index contributed by atoms with van der Waals surface area (Å²) in [5.74, 6) is 0.381. The molecule has 2 rings (SSSR count). The van der Waals surface area contributed by atoms with Crippen molar-refractivity contribution in [1.82, 2.24) is 0 Å². The minimum atomic E-state index is -0.781. The molecule has 6 heteroatoms. The first-order chi connectivity index (χ1) is 11.4. The number of hydrogen-bond donors (Lipinski definition) is 1. The van der Waals surface area contributed by atoms with E-state index in [2.05, 4.69) is 19.2 Å². The van der Waals surface area contributed by atoms with E-state index in [1.54, 1.807) is 13.0 Å². The lowest BCUT2D eigenvalue weighted by Gasteiger charge is -2.15. The van der Waals surface area contributed by atoms with E-state index in [-0.39, 0.29) is 17.3 Å². The summed E-state index contributed by atoms with van der Waals surface area (Å²) >= 11 is 0. The summed E-state index contributed by atoms with van der Waals surface area (Å²) in [6.45, 7) is 5.79. The second-order valence-electron chi connectivity index (χ2n) is 5.78. The first kappa shape index (κ1) is 17.5. The molecule has 0 spiro atoms. The van der Waals surface area contributed by atoms with Gasteiger partial charge in [0.25, 0.3) is 11.6 Å². The van der Waals surface area contributed by atoms with Gasteiger partial charge in [0.1, 0.15) is 5.75 Å². The molecule has 2 aromatic rings. The number of ether oxygens (including phenoxy) is 1. The molecule has 2 aromatic carbocycles. The zero-order valence-corrected chi connectivity index (χ0v) is 13.9. The number of hydrogen-bond acceptors (Lipinski definition) is 4. The fourth-order valence-electron chi connectivity index (χ4n) is 2.12. The van der Waals surface area contributed by atoms with Gasteiger partial charge in [-0.3, -0.25) is 14.9 Å². The van der Waals surface area contributed by atoms with Crippen molar-refractivity contribution in [2.45, 2.75) is 32.8 Å². The molecule has 0 unspecified atom stereocenters. The first-order valence-corrected chi connectivity index (χ1v) is 7.68. The van der Waals surface area contributed by atoms with Gasteiger partial charge in [0.15, 0.2) is 6.10 Å². The smallest absolute Gasteiger partial charge is 0.273 e. The van der Waals surface area contributed by atoms with Gasteiger partial charge in [-0.25, -0.2) is 0 Å². The monoisotopic (exact) mass is 328 g/mol. The van der Waals surface area contributed by atoms with Crippen LogP contribution in [0.3, 0.4) is 0 Å². The summed E-state index contributed by atoms with van der Waals surface area (Å²) in [6.07, 6.45) is -0.781. The molecule has 0 saturated heterocycles. The quantitative estimate of drug-likeness (QED) is 0.638. The Balaban J connectivity index is 1.99. The van der Waals surface area contributed by atoms with Crippen molar-refractivity contribution in [3.05, 3.63) is 64.2 Å². The van der Waals surface area contributed by atoms with Gasteiger partial charge in [0, 0.05) is 11.8 Å². The molecule has 1 atom stereocenters. The number of non-ortho nitro benzene ring substituents is 1. The molecule has 0 aromatic heterocycles. The van der Waals surface area contributed by atoms with Crippen LogP contribution in [0, 0.1) is 10.1 Å². The van der Waals surface area contributed by atoms with E-state index in [0.29, 0.717) is 11.6 Å². The Bertz CT molecular complexity index is 726. The van der Waals surface area contributed by atoms with Crippen molar-refractivity contribution in [3.63, 3.8) is 0 Å². The van der Waals surface area contributed by atoms with Crippen molar-refractivity contribution in [3.8, 4) is 5.75 Å². The van der Waals surface area contributed by atoms with Crippen molar-refractivity contribution < 1.29 is 14.5 Å². The Hall–Kier alpha value is -2.89. The number of rotatable bonds is 6. The second-order valence-corrected chi connectivity index (χ2v) is 5.78. The summed E-state index contributed by atoms with van der Waals surface area (Å²) in [5, 5.41) is 13.5. The van der Waals surface area contributed by atoms with Gasteiger partial charge in [-0.05, 0) is 36.6 Å². The molecule has 0 saturated carbocycles. The highest BCUT2D eigenvalue weighted by Gasteiger charge is 2.16. The largest absolute Gasteiger partial charge is 0.481 e. The van der Waals surface area contributed by atoms with Crippen LogP contribution < -0.4 is 10.1 Å². The topological polar surface area (TPSA) is 81.5 Å². The number of carbonyl (C=O) groups is 1. The lowest BCUT2D eigenvalue weighted by molar-refractivity contribution is -0.384. The molecular formula is C18H20N2O4. The predicted octanol–water partition coefficient (Wildman–Crippen LogP) is 4.12. The number of nitro groups is 1. The highest BCUT2D eigenvalue weighted by Crippen LogP contribution is 2.21. The second kappa shape index (κ2) is 7.59. The minimum absolute atomic E-state index is 0.0793. The maximum atomic E-state index is 12.2. The van der Waals surface area contributed by atoms with E-state index in [9.17, 15) is 14.9 Å². The fraction of sp³-hybridized carbons (Fsp3) is 0.278. The van der Waals surface area contributed by atoms with Crippen LogP contribution in [0.5, 0.6) is 5.75 Å². The van der Waals surface area contributed by atoms with Crippen LogP contribution in [0.2, 0.25) is 0 Å². The number of nitrogens with zero attached hydrogens (tertiary/aromatic N) is 1. The summed E-state index contributed by atoms with van der Waals surface area (Å²) in [4.78, 5) is 22.4. The third-order valence-corrected chi connectivity index (χ3v) is 3.56. The van der Waals surface area contributed by atoms with Crippen molar-refractivity contribution in [1.29, 1.82) is 0 Å². The van der Waals surface area contributed by atoms with Crippen LogP contribution in [-0.4, -0.2) is 16.9 Å². The molecule has 0 aliphatic heterocycles. The number of anilines is 1. The van der Waals surface area contributed by atoms with E-state index in [0.717, 1.165) is 0 Å². The number of nitro benzene ring substituents is 1. The van der Waals surface area contributed by atoms with Crippen LogP contribution in [0.15, 0.2) is 48.5 Å². The molecule has 0 aliphatic rings. The van der Waals surface area contributed by atoms with Gasteiger partial charge in [-0.2, -0.15) is 0 Å². The predicted molar refractivity (Wildman–Crippen MR) is 92.3 cm³/mol. The van der Waals surface area contributed by atoms with E-state index >= 15 is 0 Å². The fourth-order valence-corrected chi connectivity index (χ4v) is 2.12. The molecule has 1 N–H and O–H groups in total. The maximum absolute atomic E-state index is 12.2. The number of amides is 1. The van der Waals surface area contributed by atoms with Crippen molar-refractivity contribution >= 4 is 17.3 Å². The minimum Gasteiger partial charge on any atom is -0.481 e. The summed E-state index contributed by atoms with van der Waals surface area (Å²) in [7, 11) is 0. The summed E-state index contributed by atoms with van der Waals surface area (Å²) < 4.78 is 5.48. The van der Waals surface area contributed by atoms with Crippen molar-refractivity contribution in [2.75, 3.05) is 5.32 Å². The van der Waals surface area contributed by atoms with Crippen LogP contribution in [0.1, 0.15) is 32.3 Å². The number of benzene rings is 2. The van der Waals surface area contributed by atoms with Crippen LogP contribution in [-0.2, 0) is 4.79 Å². The van der Waals surface area contributed by atoms with Gasteiger partial charge in [0.2, 0.25) is 0 Å². The van der Waals surface area contributed by atoms with Crippen molar-refractivity contribution in [2.24, 2.45) is 0 Å². The van der Waals surface area contributed by atoms with Gasteiger partial charge >= 0.3 is 0 Å². The summed E-state index contributed by atoms with van der Waals surface area (Å²) in [5.41, 5.74) is 1.79. The zero-order valence-electron chi connectivity index (χ0n) is 13.9. The molecule has 6 nitrogen and oxygen atoms in total. The van der Waals surface area contributed by atoms with E-state index < -0.39 is 11.0 Å². The van der Waals surface area contributed by atoms with Gasteiger partial charge in [-0.15, -0.1) is 0 Å². The normalized spacial score (nSPS) is 11.8. The molecule has 0 fully saturated rings. The molecule has 0 aliphatic carbocycles. The Morgan fingerprint density at radius 1 is 1.12 bits per heavy atom. The number of nitrogens with one attached hydrogen (secondary N) is 1. The summed E-state index contributed by atoms with van der Waals surface area (Å²) in [6, 6.07) is 13.4. The van der Waals surface area contributed by atoms with Gasteiger partial charge in [-0.1, -0.05) is 32.0 Å². The maximum Gasteiger partial charge on any atom is 0.273 e. The zero-order chi connectivity index (χ0) is 17.7. The molecule has 126 valence electrons. The molecule has 0 heterocycles. The SMILES string of the molecule is CC(C)c1ccc(NC(=O)[C@@H](C)Oc2cccc([N+](=O)[O-])c2)cc1. The Morgan fingerprint density at radius 2 is 1.79 bits per heavy atom. The lowest BCUT2D eigenvalue weighted by Crippen LogP contribution is -2.30. The van der Waals surface area contributed by atoms with Gasteiger partial charge < -0.3 is 10.1 Å². The van der Waals surface area contributed by atoms with E-state index in [4.69, 9.17) is 4.74 Å². The number of carbonyl (C=O) groups excluding carboxylic acids is 1. The average Bonchev–Trinajstić information content (AvgIpc) is 2.55. The molecule has 0 bridgehead atoms. The van der Waals surface area contributed by atoms with Crippen LogP contribution >= 0.6 is 0 Å². The Labute approximate surface area is 140 Å². The molecular weight excluding hydrogens is 308 g/mol. The molecule has 24 heavy (non-hydrogen) atoms. The highest BCUT2D eigenvalue weighted by atomic mass is 16.6. The van der Waals surface area contributed by atoms with Crippen LogP contribution in [0.4, 0.5) is 11.4 Å². The average molecular weight is 328 g/mol. The molecule has 1 amide bonds. The lowest BCUT2D eigenvalue weighted by atomic mass is 10.0.